The van der Waals surface area contributed by atoms with Crippen molar-refractivity contribution in [3.63, 3.8) is 0 Å². The van der Waals surface area contributed by atoms with Gasteiger partial charge < -0.3 is 14.8 Å². The molecule has 0 unspecified atom stereocenters. The van der Waals surface area contributed by atoms with E-state index in [1.54, 1.807) is 0 Å². The van der Waals surface area contributed by atoms with Gasteiger partial charge in [0.25, 0.3) is 5.91 Å². The number of nitrogens with zero attached hydrogens (tertiary/aromatic N) is 1. The van der Waals surface area contributed by atoms with Crippen molar-refractivity contribution in [3.05, 3.63) is 52.5 Å². The lowest BCUT2D eigenvalue weighted by molar-refractivity contribution is 0.0954. The Morgan fingerprint density at radius 2 is 1.70 bits per heavy atom. The number of hydrogen-bond acceptors (Lipinski definition) is 5. The van der Waals surface area contributed by atoms with Gasteiger partial charge >= 0.3 is 0 Å². The van der Waals surface area contributed by atoms with Gasteiger partial charge in [-0.05, 0) is 56.2 Å². The van der Waals surface area contributed by atoms with Crippen LogP contribution in [0.25, 0.3) is 0 Å². The molecular weight excluding hydrogens is 428 g/mol. The van der Waals surface area contributed by atoms with Crippen LogP contribution in [0.4, 0.5) is 0 Å². The SMILES string of the molecule is CCOc1ccc(CCNC(=O)c2ccc(Cl)c(S(=O)(=O)N(C)C)c2)cc1OCC. The smallest absolute Gasteiger partial charge is 0.251 e. The van der Waals surface area contributed by atoms with Gasteiger partial charge in [0.1, 0.15) is 4.90 Å². The van der Waals surface area contributed by atoms with Gasteiger partial charge in [-0.25, -0.2) is 12.7 Å². The Labute approximate surface area is 183 Å². The maximum Gasteiger partial charge on any atom is 0.251 e. The fourth-order valence-corrected chi connectivity index (χ4v) is 4.11. The zero-order valence-electron chi connectivity index (χ0n) is 17.6. The second-order valence-corrected chi connectivity index (χ2v) is 9.11. The molecule has 0 aliphatic rings. The molecule has 0 aromatic heterocycles. The fourth-order valence-electron chi connectivity index (χ4n) is 2.71. The van der Waals surface area contributed by atoms with Crippen molar-refractivity contribution in [2.24, 2.45) is 0 Å². The monoisotopic (exact) mass is 454 g/mol. The van der Waals surface area contributed by atoms with E-state index >= 15 is 0 Å². The van der Waals surface area contributed by atoms with Gasteiger partial charge in [0.15, 0.2) is 11.5 Å². The van der Waals surface area contributed by atoms with Crippen LogP contribution in [0.5, 0.6) is 11.5 Å². The maximum absolute atomic E-state index is 12.5. The molecular formula is C21H27ClN2O5S. The van der Waals surface area contributed by atoms with E-state index in [1.165, 1.54) is 32.3 Å². The van der Waals surface area contributed by atoms with E-state index in [2.05, 4.69) is 5.32 Å². The molecule has 7 nitrogen and oxygen atoms in total. The lowest BCUT2D eigenvalue weighted by Crippen LogP contribution is -2.27. The Morgan fingerprint density at radius 3 is 2.33 bits per heavy atom. The highest BCUT2D eigenvalue weighted by atomic mass is 35.5. The number of carbonyl (C=O) groups excluding carboxylic acids is 1. The normalized spacial score (nSPS) is 11.4. The molecule has 2 rings (SSSR count). The van der Waals surface area contributed by atoms with Crippen LogP contribution in [0.2, 0.25) is 5.02 Å². The van der Waals surface area contributed by atoms with E-state index in [1.807, 2.05) is 32.0 Å². The van der Waals surface area contributed by atoms with Crippen LogP contribution in [0.1, 0.15) is 29.8 Å². The van der Waals surface area contributed by atoms with Crippen LogP contribution in [-0.4, -0.2) is 52.5 Å². The fraction of sp³-hybridized carbons (Fsp3) is 0.381. The molecule has 0 saturated heterocycles. The van der Waals surface area contributed by atoms with Crippen molar-refractivity contribution in [1.29, 1.82) is 0 Å². The van der Waals surface area contributed by atoms with Crippen molar-refractivity contribution in [2.75, 3.05) is 33.9 Å². The summed E-state index contributed by atoms with van der Waals surface area (Å²) < 4.78 is 37.0. The van der Waals surface area contributed by atoms with Gasteiger partial charge in [-0.3, -0.25) is 4.79 Å². The molecule has 2 aromatic rings. The lowest BCUT2D eigenvalue weighted by Gasteiger charge is -2.14. The highest BCUT2D eigenvalue weighted by Gasteiger charge is 2.22. The maximum atomic E-state index is 12.5. The van der Waals surface area contributed by atoms with E-state index in [0.29, 0.717) is 37.7 Å². The van der Waals surface area contributed by atoms with Gasteiger partial charge in [-0.15, -0.1) is 0 Å². The standard InChI is InChI=1S/C21H27ClN2O5S/c1-5-28-18-10-7-15(13-19(18)29-6-2)11-12-23-21(25)16-8-9-17(22)20(14-16)30(26,27)24(3)4/h7-10,13-14H,5-6,11-12H2,1-4H3,(H,23,25). The summed E-state index contributed by atoms with van der Waals surface area (Å²) in [7, 11) is -0.934. The molecule has 0 aliphatic carbocycles. The first kappa shape index (κ1) is 24.0. The average Bonchev–Trinajstić information content (AvgIpc) is 2.70. The van der Waals surface area contributed by atoms with Crippen molar-refractivity contribution in [1.82, 2.24) is 9.62 Å². The molecule has 2 aromatic carbocycles. The number of rotatable bonds is 10. The van der Waals surface area contributed by atoms with Gasteiger partial charge in [-0.1, -0.05) is 17.7 Å². The van der Waals surface area contributed by atoms with Gasteiger partial charge in [0.05, 0.1) is 18.2 Å². The van der Waals surface area contributed by atoms with E-state index in [-0.39, 0.29) is 21.4 Å². The first-order valence-corrected chi connectivity index (χ1v) is 11.4. The minimum atomic E-state index is -3.75. The molecule has 0 heterocycles. The predicted octanol–water partition coefficient (Wildman–Crippen LogP) is 3.36. The summed E-state index contributed by atoms with van der Waals surface area (Å²) in [6, 6.07) is 9.86. The van der Waals surface area contributed by atoms with Crippen LogP contribution in [0, 0.1) is 0 Å². The molecule has 30 heavy (non-hydrogen) atoms. The second kappa shape index (κ2) is 10.7. The summed E-state index contributed by atoms with van der Waals surface area (Å²) in [5.74, 6) is 0.972. The molecule has 164 valence electrons. The summed E-state index contributed by atoms with van der Waals surface area (Å²) >= 11 is 6.03. The van der Waals surface area contributed by atoms with Gasteiger partial charge in [0, 0.05) is 26.2 Å². The highest BCUT2D eigenvalue weighted by Crippen LogP contribution is 2.29. The van der Waals surface area contributed by atoms with Crippen molar-refractivity contribution in [3.8, 4) is 11.5 Å². The third kappa shape index (κ3) is 5.87. The molecule has 0 atom stereocenters. The number of halogens is 1. The Morgan fingerprint density at radius 1 is 1.03 bits per heavy atom. The number of sulfonamides is 1. The Hall–Kier alpha value is -2.29. The summed E-state index contributed by atoms with van der Waals surface area (Å²) in [6.07, 6.45) is 0.578. The van der Waals surface area contributed by atoms with Crippen molar-refractivity contribution >= 4 is 27.5 Å². The largest absolute Gasteiger partial charge is 0.490 e. The molecule has 0 bridgehead atoms. The van der Waals surface area contributed by atoms with Crippen LogP contribution in [-0.2, 0) is 16.4 Å². The molecule has 0 fully saturated rings. The number of ether oxygens (including phenoxy) is 2. The van der Waals surface area contributed by atoms with Crippen LogP contribution >= 0.6 is 11.6 Å². The van der Waals surface area contributed by atoms with Crippen LogP contribution in [0.15, 0.2) is 41.3 Å². The quantitative estimate of drug-likeness (QED) is 0.595. The first-order valence-electron chi connectivity index (χ1n) is 9.59. The number of nitrogens with one attached hydrogen (secondary N) is 1. The molecule has 1 N–H and O–H groups in total. The zero-order valence-corrected chi connectivity index (χ0v) is 19.1. The summed E-state index contributed by atoms with van der Waals surface area (Å²) in [4.78, 5) is 12.4. The molecule has 0 aliphatic heterocycles. The van der Waals surface area contributed by atoms with E-state index in [0.717, 1.165) is 9.87 Å². The minimum Gasteiger partial charge on any atom is -0.490 e. The molecule has 1 amide bonds. The van der Waals surface area contributed by atoms with Crippen molar-refractivity contribution in [2.45, 2.75) is 25.2 Å². The van der Waals surface area contributed by atoms with Crippen LogP contribution < -0.4 is 14.8 Å². The van der Waals surface area contributed by atoms with Crippen LogP contribution in [0.3, 0.4) is 0 Å². The lowest BCUT2D eigenvalue weighted by atomic mass is 10.1. The van der Waals surface area contributed by atoms with Gasteiger partial charge in [0.2, 0.25) is 10.0 Å². The van der Waals surface area contributed by atoms with Gasteiger partial charge in [-0.2, -0.15) is 0 Å². The summed E-state index contributed by atoms with van der Waals surface area (Å²) in [6.45, 7) is 5.25. The Bertz CT molecular complexity index is 993. The molecule has 0 saturated carbocycles. The Balaban J connectivity index is 2.07. The van der Waals surface area contributed by atoms with E-state index in [4.69, 9.17) is 21.1 Å². The molecule has 0 radical (unpaired) electrons. The van der Waals surface area contributed by atoms with E-state index in [9.17, 15) is 13.2 Å². The average molecular weight is 455 g/mol. The molecule has 9 heteroatoms. The minimum absolute atomic E-state index is 0.0677. The zero-order chi connectivity index (χ0) is 22.3. The number of hydrogen-bond donors (Lipinski definition) is 1. The Kier molecular flexibility index (Phi) is 8.52. The second-order valence-electron chi connectivity index (χ2n) is 6.59. The van der Waals surface area contributed by atoms with E-state index < -0.39 is 10.0 Å². The topological polar surface area (TPSA) is 84.9 Å². The van der Waals surface area contributed by atoms with Crippen molar-refractivity contribution < 1.29 is 22.7 Å². The number of benzene rings is 2. The first-order chi connectivity index (χ1) is 14.2. The highest BCUT2D eigenvalue weighted by molar-refractivity contribution is 7.89. The summed E-state index contributed by atoms with van der Waals surface area (Å²) in [5.41, 5.74) is 1.20. The summed E-state index contributed by atoms with van der Waals surface area (Å²) in [5, 5.41) is 2.87. The third-order valence-corrected chi connectivity index (χ3v) is 6.56. The number of amides is 1. The molecule has 0 spiro atoms. The number of carbonyl (C=O) groups is 1. The predicted molar refractivity (Wildman–Crippen MR) is 117 cm³/mol. The third-order valence-electron chi connectivity index (χ3n) is 4.26.